The number of hydrogen-bond acceptors (Lipinski definition) is 6. The Morgan fingerprint density at radius 2 is 2.04 bits per heavy atom. The Labute approximate surface area is 149 Å². The van der Waals surface area contributed by atoms with Crippen molar-refractivity contribution in [3.8, 4) is 5.88 Å². The second-order valence-electron chi connectivity index (χ2n) is 5.64. The van der Waals surface area contributed by atoms with Gasteiger partial charge in [-0.1, -0.05) is 12.1 Å². The Bertz CT molecular complexity index is 937. The van der Waals surface area contributed by atoms with E-state index in [-0.39, 0.29) is 12.5 Å². The van der Waals surface area contributed by atoms with Crippen molar-refractivity contribution in [1.82, 2.24) is 9.97 Å². The van der Waals surface area contributed by atoms with E-state index in [9.17, 15) is 4.79 Å². The van der Waals surface area contributed by atoms with Gasteiger partial charge in [0.25, 0.3) is 5.91 Å². The Kier molecular flexibility index (Phi) is 4.96. The molecule has 2 heterocycles. The predicted octanol–water partition coefficient (Wildman–Crippen LogP) is 3.72. The minimum atomic E-state index is -0.165. The van der Waals surface area contributed by atoms with Crippen molar-refractivity contribution in [2.75, 3.05) is 19.5 Å². The van der Waals surface area contributed by atoms with Crippen LogP contribution in [-0.4, -0.2) is 30.1 Å². The van der Waals surface area contributed by atoms with Crippen molar-refractivity contribution in [3.05, 3.63) is 46.1 Å². The molecular weight excluding hydrogens is 338 g/mol. The normalized spacial score (nSPS) is 10.9. The average molecular weight is 357 g/mol. The summed E-state index contributed by atoms with van der Waals surface area (Å²) in [4.78, 5) is 22.9. The van der Waals surface area contributed by atoms with Crippen LogP contribution in [0, 0.1) is 13.8 Å². The molecule has 3 aromatic rings. The van der Waals surface area contributed by atoms with E-state index < -0.39 is 0 Å². The van der Waals surface area contributed by atoms with Crippen LogP contribution in [0.25, 0.3) is 10.2 Å². The van der Waals surface area contributed by atoms with Crippen LogP contribution >= 0.6 is 11.3 Å². The summed E-state index contributed by atoms with van der Waals surface area (Å²) in [6.07, 6.45) is 0. The Hall–Kier alpha value is -2.51. The van der Waals surface area contributed by atoms with Crippen LogP contribution in [0.4, 0.5) is 5.69 Å². The predicted molar refractivity (Wildman–Crippen MR) is 98.5 cm³/mol. The molecule has 3 rings (SSSR count). The molecule has 0 bridgehead atoms. The second kappa shape index (κ2) is 7.16. The first kappa shape index (κ1) is 17.3. The monoisotopic (exact) mass is 357 g/mol. The number of hydrogen-bond donors (Lipinski definition) is 1. The third-order valence-electron chi connectivity index (χ3n) is 3.75. The Morgan fingerprint density at radius 3 is 2.72 bits per heavy atom. The highest BCUT2D eigenvalue weighted by atomic mass is 32.1. The number of amides is 1. The van der Waals surface area contributed by atoms with Gasteiger partial charge in [0, 0.05) is 12.8 Å². The first-order valence-corrected chi connectivity index (χ1v) is 8.56. The molecule has 1 N–H and O–H groups in total. The number of methoxy groups -OCH3 is 2. The highest BCUT2D eigenvalue weighted by Gasteiger charge is 2.21. The van der Waals surface area contributed by atoms with Gasteiger partial charge in [-0.25, -0.2) is 4.98 Å². The fourth-order valence-electron chi connectivity index (χ4n) is 2.61. The highest BCUT2D eigenvalue weighted by Crippen LogP contribution is 2.35. The molecule has 0 saturated heterocycles. The summed E-state index contributed by atoms with van der Waals surface area (Å²) in [5, 5.41) is 3.70. The first-order chi connectivity index (χ1) is 12.0. The number of anilines is 1. The summed E-state index contributed by atoms with van der Waals surface area (Å²) in [7, 11) is 3.14. The van der Waals surface area contributed by atoms with E-state index in [1.807, 2.05) is 38.1 Å². The number of fused-ring (bicyclic) bond motifs is 1. The highest BCUT2D eigenvalue weighted by molar-refractivity contribution is 7.20. The summed E-state index contributed by atoms with van der Waals surface area (Å²) < 4.78 is 10.5. The van der Waals surface area contributed by atoms with Crippen LogP contribution in [0.1, 0.15) is 26.6 Å². The Morgan fingerprint density at radius 1 is 1.24 bits per heavy atom. The maximum atomic E-state index is 12.7. The lowest BCUT2D eigenvalue weighted by Crippen LogP contribution is -2.11. The summed E-state index contributed by atoms with van der Waals surface area (Å²) in [5.41, 5.74) is 2.66. The number of aryl methyl sites for hydroxylation is 2. The van der Waals surface area contributed by atoms with Gasteiger partial charge in [-0.2, -0.15) is 4.98 Å². The van der Waals surface area contributed by atoms with Gasteiger partial charge in [-0.15, -0.1) is 11.3 Å². The lowest BCUT2D eigenvalue weighted by molar-refractivity contribution is 0.103. The van der Waals surface area contributed by atoms with Crippen LogP contribution in [0.3, 0.4) is 0 Å². The molecule has 0 aliphatic heterocycles. The zero-order chi connectivity index (χ0) is 18.0. The molecule has 0 fully saturated rings. The molecular formula is C18H19N3O3S. The minimum absolute atomic E-state index is 0.165. The molecule has 0 aliphatic rings. The molecule has 0 radical (unpaired) electrons. The smallest absolute Gasteiger partial charge is 0.266 e. The number of thiophene rings is 1. The van der Waals surface area contributed by atoms with Crippen molar-refractivity contribution in [2.24, 2.45) is 0 Å². The summed E-state index contributed by atoms with van der Waals surface area (Å²) in [6.45, 7) is 4.15. The summed E-state index contributed by atoms with van der Waals surface area (Å²) in [6, 6.07) is 7.69. The van der Waals surface area contributed by atoms with E-state index in [1.165, 1.54) is 11.3 Å². The van der Waals surface area contributed by atoms with Gasteiger partial charge >= 0.3 is 0 Å². The number of carbonyl (C=O) groups excluding carboxylic acids is 1. The molecule has 0 unspecified atom stereocenters. The van der Waals surface area contributed by atoms with Gasteiger partial charge < -0.3 is 14.8 Å². The molecule has 25 heavy (non-hydrogen) atoms. The van der Waals surface area contributed by atoms with Crippen molar-refractivity contribution in [3.63, 3.8) is 0 Å². The summed E-state index contributed by atoms with van der Waals surface area (Å²) in [5.74, 6) is 0.820. The van der Waals surface area contributed by atoms with Crippen LogP contribution < -0.4 is 10.1 Å². The van der Waals surface area contributed by atoms with Gasteiger partial charge in [0.2, 0.25) is 5.88 Å². The maximum Gasteiger partial charge on any atom is 0.266 e. The van der Waals surface area contributed by atoms with Crippen molar-refractivity contribution in [1.29, 1.82) is 0 Å². The first-order valence-electron chi connectivity index (χ1n) is 7.74. The van der Waals surface area contributed by atoms with Crippen molar-refractivity contribution >= 4 is 33.1 Å². The molecule has 0 spiro atoms. The summed E-state index contributed by atoms with van der Waals surface area (Å²) >= 11 is 1.33. The number of aromatic nitrogens is 2. The van der Waals surface area contributed by atoms with E-state index in [2.05, 4.69) is 15.3 Å². The number of benzene rings is 1. The fraction of sp³-hybridized carbons (Fsp3) is 0.278. The topological polar surface area (TPSA) is 73.3 Å². The van der Waals surface area contributed by atoms with Gasteiger partial charge in [-0.05, 0) is 37.1 Å². The van der Waals surface area contributed by atoms with E-state index in [0.717, 1.165) is 22.2 Å². The quantitative estimate of drug-likeness (QED) is 0.753. The average Bonchev–Trinajstić information content (AvgIpc) is 2.91. The lowest BCUT2D eigenvalue weighted by atomic mass is 10.2. The standard InChI is InChI=1S/C18H19N3O3S/c1-10-6-5-7-12(8-10)19-16(22)15-11(2)14-17(24-4)20-13(9-23-3)21-18(14)25-15/h5-8H,9H2,1-4H3,(H,19,22). The van der Waals surface area contributed by atoms with E-state index in [0.29, 0.717) is 21.4 Å². The molecule has 130 valence electrons. The number of rotatable bonds is 5. The third kappa shape index (κ3) is 3.47. The molecule has 1 aromatic carbocycles. The molecule has 0 aliphatic carbocycles. The number of nitrogens with one attached hydrogen (secondary N) is 1. The van der Waals surface area contributed by atoms with Gasteiger partial charge in [0.1, 0.15) is 11.4 Å². The van der Waals surface area contributed by atoms with Gasteiger partial charge in [0.15, 0.2) is 5.82 Å². The zero-order valence-electron chi connectivity index (χ0n) is 14.5. The van der Waals surface area contributed by atoms with Gasteiger partial charge in [0.05, 0.1) is 17.4 Å². The van der Waals surface area contributed by atoms with Crippen LogP contribution in [0.15, 0.2) is 24.3 Å². The zero-order valence-corrected chi connectivity index (χ0v) is 15.4. The fourth-order valence-corrected chi connectivity index (χ4v) is 3.70. The minimum Gasteiger partial charge on any atom is -0.480 e. The molecule has 2 aromatic heterocycles. The van der Waals surface area contributed by atoms with Crippen molar-refractivity contribution in [2.45, 2.75) is 20.5 Å². The second-order valence-corrected chi connectivity index (χ2v) is 6.64. The van der Waals surface area contributed by atoms with Crippen LogP contribution in [0.2, 0.25) is 0 Å². The largest absolute Gasteiger partial charge is 0.480 e. The maximum absolute atomic E-state index is 12.7. The number of ether oxygens (including phenoxy) is 2. The molecule has 0 saturated carbocycles. The van der Waals surface area contributed by atoms with E-state index >= 15 is 0 Å². The molecule has 6 nitrogen and oxygen atoms in total. The number of nitrogens with zero attached hydrogens (tertiary/aromatic N) is 2. The van der Waals surface area contributed by atoms with E-state index in [4.69, 9.17) is 9.47 Å². The molecule has 7 heteroatoms. The van der Waals surface area contributed by atoms with Crippen LogP contribution in [-0.2, 0) is 11.3 Å². The van der Waals surface area contributed by atoms with Crippen molar-refractivity contribution < 1.29 is 14.3 Å². The number of carbonyl (C=O) groups is 1. The molecule has 1 amide bonds. The van der Waals surface area contributed by atoms with E-state index in [1.54, 1.807) is 14.2 Å². The van der Waals surface area contributed by atoms with Gasteiger partial charge in [-0.3, -0.25) is 4.79 Å². The van der Waals surface area contributed by atoms with Crippen LogP contribution in [0.5, 0.6) is 5.88 Å². The SMILES string of the molecule is COCc1nc(OC)c2c(C)c(C(=O)Nc3cccc(C)c3)sc2n1. The third-order valence-corrected chi connectivity index (χ3v) is 4.94. The Balaban J connectivity index is 2.01. The molecule has 0 atom stereocenters. The lowest BCUT2D eigenvalue weighted by Gasteiger charge is -2.06.